The first-order valence-corrected chi connectivity index (χ1v) is 25.9. The van der Waals surface area contributed by atoms with E-state index in [2.05, 4.69) is 55.6 Å². The van der Waals surface area contributed by atoms with Crippen molar-refractivity contribution in [3.05, 3.63) is 48.6 Å². The standard InChI is InChI=1S/C53H97NO8/c1-3-5-7-9-11-13-15-17-19-21-22-23-24-25-26-27-29-31-33-35-37-39-41-43-49(57)54-46(45-61-53-52(60)51(59)50(58)48(44-55)62-53)47(56)42-40-38-36-34-32-30-28-20-18-16-14-12-10-8-6-4-2/h22-23,25-26,32,34,40,42,46-48,50-53,55-56,58-60H,3-21,24,27-31,33,35-39,41,43-45H2,1-2H3,(H,54,57)/b23-22-,26-25-,34-32+,42-40+. The van der Waals surface area contributed by atoms with E-state index in [1.54, 1.807) is 6.08 Å². The van der Waals surface area contributed by atoms with Gasteiger partial charge in [-0.25, -0.2) is 0 Å². The van der Waals surface area contributed by atoms with Crippen molar-refractivity contribution in [3.8, 4) is 0 Å². The van der Waals surface area contributed by atoms with Crippen LogP contribution in [-0.2, 0) is 14.3 Å². The SMILES string of the molecule is CCCCCCCCCCC/C=C\C/C=C\CCCCCCCCCC(=O)NC(COC1OC(CO)C(O)C(O)C1O)C(O)/C=C/CC/C=C/CCCCCCCCCCCC. The molecule has 6 N–H and O–H groups in total. The van der Waals surface area contributed by atoms with E-state index in [4.69, 9.17) is 9.47 Å². The summed E-state index contributed by atoms with van der Waals surface area (Å²) in [5.41, 5.74) is 0. The molecule has 62 heavy (non-hydrogen) atoms. The summed E-state index contributed by atoms with van der Waals surface area (Å²) in [6, 6.07) is -0.826. The van der Waals surface area contributed by atoms with Gasteiger partial charge in [-0.05, 0) is 64.2 Å². The van der Waals surface area contributed by atoms with Crippen LogP contribution >= 0.6 is 0 Å². The van der Waals surface area contributed by atoms with Crippen molar-refractivity contribution in [2.75, 3.05) is 13.2 Å². The molecule has 0 saturated carbocycles. The van der Waals surface area contributed by atoms with Crippen molar-refractivity contribution in [2.24, 2.45) is 0 Å². The third kappa shape index (κ3) is 32.8. The molecule has 0 aromatic heterocycles. The predicted molar refractivity (Wildman–Crippen MR) is 258 cm³/mol. The van der Waals surface area contributed by atoms with E-state index in [0.717, 1.165) is 57.8 Å². The van der Waals surface area contributed by atoms with Crippen LogP contribution in [0.15, 0.2) is 48.6 Å². The van der Waals surface area contributed by atoms with Gasteiger partial charge in [-0.1, -0.05) is 204 Å². The van der Waals surface area contributed by atoms with Gasteiger partial charge in [-0.15, -0.1) is 0 Å². The van der Waals surface area contributed by atoms with Gasteiger partial charge >= 0.3 is 0 Å². The summed E-state index contributed by atoms with van der Waals surface area (Å²) in [5.74, 6) is -0.195. The normalized spacial score (nSPS) is 20.7. The molecule has 7 atom stereocenters. The highest BCUT2D eigenvalue weighted by Gasteiger charge is 2.44. The van der Waals surface area contributed by atoms with Gasteiger partial charge in [0.1, 0.15) is 24.4 Å². The number of nitrogens with one attached hydrogen (secondary N) is 1. The maximum atomic E-state index is 13.0. The van der Waals surface area contributed by atoms with Crippen LogP contribution in [0.5, 0.6) is 0 Å². The summed E-state index contributed by atoms with van der Waals surface area (Å²) in [7, 11) is 0. The van der Waals surface area contributed by atoms with Crippen molar-refractivity contribution >= 4 is 5.91 Å². The quantitative estimate of drug-likeness (QED) is 0.0262. The molecule has 1 heterocycles. The molecule has 1 saturated heterocycles. The molecule has 1 aliphatic heterocycles. The van der Waals surface area contributed by atoms with Crippen molar-refractivity contribution in [1.82, 2.24) is 5.32 Å². The Bertz CT molecular complexity index is 1110. The van der Waals surface area contributed by atoms with Crippen LogP contribution in [-0.4, -0.2) is 87.5 Å². The number of hydrogen-bond donors (Lipinski definition) is 6. The second-order valence-corrected chi connectivity index (χ2v) is 18.0. The van der Waals surface area contributed by atoms with Crippen molar-refractivity contribution < 1.29 is 39.8 Å². The zero-order valence-electron chi connectivity index (χ0n) is 39.9. The van der Waals surface area contributed by atoms with Gasteiger partial charge in [0, 0.05) is 6.42 Å². The van der Waals surface area contributed by atoms with Gasteiger partial charge in [0.15, 0.2) is 6.29 Å². The number of ether oxygens (including phenoxy) is 2. The van der Waals surface area contributed by atoms with Gasteiger partial charge in [-0.3, -0.25) is 4.79 Å². The first-order chi connectivity index (χ1) is 30.3. The minimum absolute atomic E-state index is 0.195. The van der Waals surface area contributed by atoms with Crippen LogP contribution in [0.25, 0.3) is 0 Å². The minimum atomic E-state index is -1.57. The maximum Gasteiger partial charge on any atom is 0.220 e. The molecule has 1 rings (SSSR count). The van der Waals surface area contributed by atoms with Gasteiger partial charge < -0.3 is 40.3 Å². The molecule has 9 nitrogen and oxygen atoms in total. The molecular formula is C53H97NO8. The molecule has 9 heteroatoms. The van der Waals surface area contributed by atoms with E-state index >= 15 is 0 Å². The Hall–Kier alpha value is -1.85. The van der Waals surface area contributed by atoms with Crippen LogP contribution in [0.4, 0.5) is 0 Å². The summed E-state index contributed by atoms with van der Waals surface area (Å²) in [6.45, 7) is 3.76. The molecule has 0 bridgehead atoms. The summed E-state index contributed by atoms with van der Waals surface area (Å²) >= 11 is 0. The Morgan fingerprint density at radius 2 is 0.968 bits per heavy atom. The monoisotopic (exact) mass is 876 g/mol. The highest BCUT2D eigenvalue weighted by Crippen LogP contribution is 2.23. The largest absolute Gasteiger partial charge is 0.394 e. The van der Waals surface area contributed by atoms with Gasteiger partial charge in [0.05, 0.1) is 25.4 Å². The van der Waals surface area contributed by atoms with Crippen molar-refractivity contribution in [1.29, 1.82) is 0 Å². The van der Waals surface area contributed by atoms with Gasteiger partial charge in [0.25, 0.3) is 0 Å². The third-order valence-corrected chi connectivity index (χ3v) is 12.1. The fourth-order valence-electron chi connectivity index (χ4n) is 7.97. The Kier molecular flexibility index (Phi) is 40.4. The van der Waals surface area contributed by atoms with Crippen LogP contribution in [0.2, 0.25) is 0 Å². The molecule has 362 valence electrons. The fourth-order valence-corrected chi connectivity index (χ4v) is 7.97. The van der Waals surface area contributed by atoms with E-state index in [0.29, 0.717) is 6.42 Å². The van der Waals surface area contributed by atoms with Crippen molar-refractivity contribution in [3.63, 3.8) is 0 Å². The lowest BCUT2D eigenvalue weighted by molar-refractivity contribution is -0.302. The molecule has 0 radical (unpaired) electrons. The van der Waals surface area contributed by atoms with Crippen LogP contribution in [0, 0.1) is 0 Å². The second kappa shape index (κ2) is 43.1. The molecule has 1 aliphatic rings. The Labute approximate surface area is 380 Å². The maximum absolute atomic E-state index is 13.0. The smallest absolute Gasteiger partial charge is 0.220 e. The zero-order valence-corrected chi connectivity index (χ0v) is 39.9. The summed E-state index contributed by atoms with van der Waals surface area (Å²) in [5, 5.41) is 54.3. The molecule has 1 amide bonds. The number of allylic oxidation sites excluding steroid dienone is 7. The van der Waals surface area contributed by atoms with Gasteiger partial charge in [0.2, 0.25) is 5.91 Å². The Balaban J connectivity index is 2.31. The molecule has 0 aromatic carbocycles. The number of amides is 1. The Morgan fingerprint density at radius 1 is 0.548 bits per heavy atom. The minimum Gasteiger partial charge on any atom is -0.394 e. The van der Waals surface area contributed by atoms with Gasteiger partial charge in [-0.2, -0.15) is 0 Å². The number of carbonyl (C=O) groups excluding carboxylic acids is 1. The predicted octanol–water partition coefficient (Wildman–Crippen LogP) is 11.8. The van der Waals surface area contributed by atoms with E-state index in [1.165, 1.54) is 148 Å². The number of aliphatic hydroxyl groups excluding tert-OH is 5. The summed E-state index contributed by atoms with van der Waals surface area (Å²) in [6.07, 6.45) is 48.8. The lowest BCUT2D eigenvalue weighted by atomic mass is 9.99. The number of aliphatic hydroxyl groups is 5. The van der Waals surface area contributed by atoms with Crippen LogP contribution < -0.4 is 5.32 Å². The summed E-state index contributed by atoms with van der Waals surface area (Å²) < 4.78 is 11.2. The topological polar surface area (TPSA) is 149 Å². The van der Waals surface area contributed by atoms with E-state index < -0.39 is 49.5 Å². The number of unbranched alkanes of at least 4 members (excludes halogenated alkanes) is 27. The van der Waals surface area contributed by atoms with E-state index in [-0.39, 0.29) is 12.5 Å². The first-order valence-electron chi connectivity index (χ1n) is 25.9. The third-order valence-electron chi connectivity index (χ3n) is 12.1. The summed E-state index contributed by atoms with van der Waals surface area (Å²) in [4.78, 5) is 13.0. The zero-order chi connectivity index (χ0) is 45.1. The van der Waals surface area contributed by atoms with E-state index in [9.17, 15) is 30.3 Å². The molecule has 1 fully saturated rings. The van der Waals surface area contributed by atoms with Crippen LogP contribution in [0.3, 0.4) is 0 Å². The average molecular weight is 876 g/mol. The second-order valence-electron chi connectivity index (χ2n) is 18.0. The highest BCUT2D eigenvalue weighted by atomic mass is 16.7. The molecule has 0 spiro atoms. The molecular weight excluding hydrogens is 779 g/mol. The number of rotatable bonds is 43. The lowest BCUT2D eigenvalue weighted by Gasteiger charge is -2.40. The fraction of sp³-hybridized carbons (Fsp3) is 0.830. The van der Waals surface area contributed by atoms with E-state index in [1.807, 2.05) is 6.08 Å². The number of carbonyl (C=O) groups is 1. The lowest BCUT2D eigenvalue weighted by Crippen LogP contribution is -2.60. The first kappa shape index (κ1) is 58.2. The molecule has 0 aromatic rings. The Morgan fingerprint density at radius 3 is 1.45 bits per heavy atom. The highest BCUT2D eigenvalue weighted by molar-refractivity contribution is 5.76. The van der Waals surface area contributed by atoms with Crippen molar-refractivity contribution in [2.45, 2.75) is 269 Å². The van der Waals surface area contributed by atoms with Crippen LogP contribution in [0.1, 0.15) is 226 Å². The number of hydrogen-bond acceptors (Lipinski definition) is 8. The average Bonchev–Trinajstić information content (AvgIpc) is 3.27. The molecule has 0 aliphatic carbocycles. The molecule has 7 unspecified atom stereocenters.